The number of aromatic carboxylic acids is 1. The Morgan fingerprint density at radius 2 is 2.12 bits per heavy atom. The summed E-state index contributed by atoms with van der Waals surface area (Å²) in [5.74, 6) is 3.91. The van der Waals surface area contributed by atoms with Gasteiger partial charge in [-0.1, -0.05) is 18.1 Å². The maximum absolute atomic E-state index is 10.9. The topological polar surface area (TPSA) is 49.3 Å². The van der Waals surface area contributed by atoms with Crippen LogP contribution in [0.25, 0.3) is 0 Å². The first-order valence-corrected chi connectivity index (χ1v) is 4.67. The molecule has 0 heterocycles. The van der Waals surface area contributed by atoms with Crippen LogP contribution in [0.4, 0.5) is 5.69 Å². The maximum Gasteiger partial charge on any atom is 0.337 e. The second-order valence-electron chi connectivity index (χ2n) is 3.12. The molecule has 0 aliphatic carbocycles. The Labute approximate surface area is 94.5 Å². The Balaban J connectivity index is 2.93. The Morgan fingerprint density at radius 3 is 2.69 bits per heavy atom. The monoisotopic (exact) mass is 213 g/mol. The average Bonchev–Trinajstić information content (AvgIpc) is 2.29. The summed E-state index contributed by atoms with van der Waals surface area (Å²) in [6.07, 6.45) is 10.8. The minimum Gasteiger partial charge on any atom is -0.478 e. The molecule has 1 aromatic carbocycles. The molecule has 1 unspecified atom stereocenters. The van der Waals surface area contributed by atoms with Crippen LogP contribution in [0.2, 0.25) is 0 Å². The molecule has 0 spiro atoms. The third-order valence-electron chi connectivity index (χ3n) is 2.01. The number of carboxylic acids is 1. The molecular formula is C13H11NO2. The van der Waals surface area contributed by atoms with E-state index in [1.54, 1.807) is 18.2 Å². The lowest BCUT2D eigenvalue weighted by molar-refractivity contribution is 0.0698. The fraction of sp³-hybridized carbons (Fsp3) is 0.154. The summed E-state index contributed by atoms with van der Waals surface area (Å²) >= 11 is 0. The van der Waals surface area contributed by atoms with Crippen molar-refractivity contribution in [3.05, 3.63) is 29.8 Å². The van der Waals surface area contributed by atoms with Gasteiger partial charge in [0.1, 0.15) is 0 Å². The van der Waals surface area contributed by atoms with Crippen molar-refractivity contribution in [2.24, 2.45) is 0 Å². The molecule has 0 aliphatic rings. The molecule has 0 fully saturated rings. The lowest BCUT2D eigenvalue weighted by atomic mass is 10.1. The zero-order chi connectivity index (χ0) is 12.0. The van der Waals surface area contributed by atoms with E-state index in [2.05, 4.69) is 17.2 Å². The van der Waals surface area contributed by atoms with E-state index < -0.39 is 5.97 Å². The molecule has 3 nitrogen and oxygen atoms in total. The molecule has 0 saturated carbocycles. The van der Waals surface area contributed by atoms with Crippen molar-refractivity contribution in [2.45, 2.75) is 12.5 Å². The number of terminal acetylenes is 2. The van der Waals surface area contributed by atoms with E-state index in [1.807, 2.05) is 0 Å². The molecule has 0 aromatic heterocycles. The van der Waals surface area contributed by atoms with Gasteiger partial charge in [-0.3, -0.25) is 0 Å². The van der Waals surface area contributed by atoms with Crippen molar-refractivity contribution in [2.75, 3.05) is 5.32 Å². The minimum absolute atomic E-state index is 0.180. The van der Waals surface area contributed by atoms with Gasteiger partial charge in [-0.25, -0.2) is 4.79 Å². The second-order valence-corrected chi connectivity index (χ2v) is 3.12. The summed E-state index contributed by atoms with van der Waals surface area (Å²) in [5.41, 5.74) is 0.660. The van der Waals surface area contributed by atoms with Gasteiger partial charge >= 0.3 is 5.97 Å². The Kier molecular flexibility index (Phi) is 4.00. The van der Waals surface area contributed by atoms with Crippen LogP contribution in [0.3, 0.4) is 0 Å². The van der Waals surface area contributed by atoms with Gasteiger partial charge in [0.25, 0.3) is 0 Å². The molecule has 0 saturated heterocycles. The summed E-state index contributed by atoms with van der Waals surface area (Å²) in [6.45, 7) is 0. The lowest BCUT2D eigenvalue weighted by Gasteiger charge is -2.13. The van der Waals surface area contributed by atoms with Crippen LogP contribution in [0.1, 0.15) is 16.8 Å². The Morgan fingerprint density at radius 1 is 1.44 bits per heavy atom. The number of carboxylic acid groups (broad SMARTS) is 1. The molecule has 16 heavy (non-hydrogen) atoms. The highest BCUT2D eigenvalue weighted by atomic mass is 16.4. The zero-order valence-corrected chi connectivity index (χ0v) is 8.60. The largest absolute Gasteiger partial charge is 0.478 e. The van der Waals surface area contributed by atoms with Crippen LogP contribution in [0.15, 0.2) is 24.3 Å². The number of para-hydroxylation sites is 1. The minimum atomic E-state index is -1.00. The number of hydrogen-bond acceptors (Lipinski definition) is 2. The highest BCUT2D eigenvalue weighted by molar-refractivity contribution is 5.94. The quantitative estimate of drug-likeness (QED) is 0.750. The molecule has 3 heteroatoms. The molecule has 0 bridgehead atoms. The number of nitrogens with one attached hydrogen (secondary N) is 1. The summed E-state index contributed by atoms with van der Waals surface area (Å²) < 4.78 is 0. The predicted octanol–water partition coefficient (Wildman–Crippen LogP) is 1.82. The van der Waals surface area contributed by atoms with Gasteiger partial charge in [-0.05, 0) is 12.1 Å². The number of benzene rings is 1. The van der Waals surface area contributed by atoms with E-state index in [0.717, 1.165) is 0 Å². The summed E-state index contributed by atoms with van der Waals surface area (Å²) in [4.78, 5) is 10.9. The fourth-order valence-corrected chi connectivity index (χ4v) is 1.25. The first kappa shape index (κ1) is 11.7. The number of hydrogen-bond donors (Lipinski definition) is 2. The van der Waals surface area contributed by atoms with Crippen molar-refractivity contribution in [3.63, 3.8) is 0 Å². The molecule has 2 N–H and O–H groups in total. The van der Waals surface area contributed by atoms with Gasteiger partial charge in [0.2, 0.25) is 0 Å². The highest BCUT2D eigenvalue weighted by Crippen LogP contribution is 2.16. The second kappa shape index (κ2) is 5.48. The average molecular weight is 213 g/mol. The Bertz CT molecular complexity index is 466. The highest BCUT2D eigenvalue weighted by Gasteiger charge is 2.11. The van der Waals surface area contributed by atoms with Gasteiger partial charge in [0.05, 0.1) is 11.6 Å². The number of anilines is 1. The van der Waals surface area contributed by atoms with E-state index in [4.69, 9.17) is 18.0 Å². The van der Waals surface area contributed by atoms with E-state index in [1.165, 1.54) is 6.07 Å². The third kappa shape index (κ3) is 2.80. The third-order valence-corrected chi connectivity index (χ3v) is 2.01. The zero-order valence-electron chi connectivity index (χ0n) is 8.60. The van der Waals surface area contributed by atoms with E-state index in [-0.39, 0.29) is 11.6 Å². The summed E-state index contributed by atoms with van der Waals surface area (Å²) in [5, 5.41) is 11.9. The van der Waals surface area contributed by atoms with E-state index in [9.17, 15) is 4.79 Å². The fourth-order valence-electron chi connectivity index (χ4n) is 1.25. The lowest BCUT2D eigenvalue weighted by Crippen LogP contribution is -2.18. The first-order valence-electron chi connectivity index (χ1n) is 4.67. The smallest absolute Gasteiger partial charge is 0.337 e. The molecule has 0 radical (unpaired) electrons. The maximum atomic E-state index is 10.9. The summed E-state index contributed by atoms with van der Waals surface area (Å²) in [6, 6.07) is 6.20. The molecular weight excluding hydrogens is 202 g/mol. The van der Waals surface area contributed by atoms with Crippen molar-refractivity contribution in [1.82, 2.24) is 0 Å². The van der Waals surface area contributed by atoms with Gasteiger partial charge < -0.3 is 10.4 Å². The van der Waals surface area contributed by atoms with Crippen LogP contribution in [-0.2, 0) is 0 Å². The van der Waals surface area contributed by atoms with Crippen molar-refractivity contribution >= 4 is 11.7 Å². The van der Waals surface area contributed by atoms with Gasteiger partial charge in [-0.15, -0.1) is 18.8 Å². The van der Waals surface area contributed by atoms with Crippen molar-refractivity contribution < 1.29 is 9.90 Å². The number of carbonyl (C=O) groups is 1. The van der Waals surface area contributed by atoms with Crippen molar-refractivity contribution in [1.29, 1.82) is 0 Å². The molecule has 1 atom stereocenters. The van der Waals surface area contributed by atoms with E-state index in [0.29, 0.717) is 12.1 Å². The standard InChI is InChI=1S/C13H11NO2/c1-3-7-10(4-2)14-12-9-6-5-8-11(12)13(15)16/h1-2,5-6,8-10,14H,7H2,(H,15,16). The Hall–Kier alpha value is -2.39. The first-order chi connectivity index (χ1) is 7.69. The molecule has 0 aliphatic heterocycles. The number of rotatable bonds is 4. The predicted molar refractivity (Wildman–Crippen MR) is 63.1 cm³/mol. The van der Waals surface area contributed by atoms with E-state index >= 15 is 0 Å². The SMILES string of the molecule is C#CCC(C#C)Nc1ccccc1C(=O)O. The van der Waals surface area contributed by atoms with Crippen LogP contribution in [0.5, 0.6) is 0 Å². The normalized spacial score (nSPS) is 10.9. The van der Waals surface area contributed by atoms with Gasteiger partial charge in [-0.2, -0.15) is 0 Å². The molecule has 1 rings (SSSR count). The molecule has 80 valence electrons. The van der Waals surface area contributed by atoms with Crippen LogP contribution >= 0.6 is 0 Å². The molecule has 1 aromatic rings. The summed E-state index contributed by atoms with van der Waals surface area (Å²) in [7, 11) is 0. The van der Waals surface area contributed by atoms with Crippen LogP contribution in [-0.4, -0.2) is 17.1 Å². The molecule has 0 amide bonds. The van der Waals surface area contributed by atoms with Gasteiger partial charge in [0, 0.05) is 12.1 Å². The van der Waals surface area contributed by atoms with Gasteiger partial charge in [0.15, 0.2) is 0 Å². The van der Waals surface area contributed by atoms with Crippen LogP contribution in [0, 0.1) is 24.7 Å². The van der Waals surface area contributed by atoms with Crippen LogP contribution < -0.4 is 5.32 Å². The van der Waals surface area contributed by atoms with Crippen molar-refractivity contribution in [3.8, 4) is 24.7 Å².